The Hall–Kier alpha value is -1.83. The molecule has 2 nitrogen and oxygen atoms in total. The van der Waals surface area contributed by atoms with Gasteiger partial charge in [-0.25, -0.2) is 4.99 Å². The summed E-state index contributed by atoms with van der Waals surface area (Å²) >= 11 is 0. The van der Waals surface area contributed by atoms with Gasteiger partial charge < -0.3 is 4.74 Å². The van der Waals surface area contributed by atoms with Crippen molar-refractivity contribution in [3.63, 3.8) is 0 Å². The number of hydrogen-bond donors (Lipinski definition) is 0. The molecule has 0 aromatic heterocycles. The van der Waals surface area contributed by atoms with Gasteiger partial charge in [-0.2, -0.15) is 0 Å². The highest BCUT2D eigenvalue weighted by Crippen LogP contribution is 2.32. The van der Waals surface area contributed by atoms with E-state index in [0.717, 1.165) is 12.3 Å². The van der Waals surface area contributed by atoms with Gasteiger partial charge in [-0.1, -0.05) is 55.5 Å². The van der Waals surface area contributed by atoms with Crippen LogP contribution in [0.3, 0.4) is 0 Å². The largest absolute Gasteiger partial charge is 0.475 e. The molecule has 0 saturated carbocycles. The Kier molecular flexibility index (Phi) is 3.71. The van der Waals surface area contributed by atoms with Crippen LogP contribution in [0.2, 0.25) is 0 Å². The summed E-state index contributed by atoms with van der Waals surface area (Å²) in [5.74, 6) is 1.78. The Morgan fingerprint density at radius 3 is 2.67 bits per heavy atom. The van der Waals surface area contributed by atoms with Gasteiger partial charge in [-0.3, -0.25) is 0 Å². The normalized spacial score (nSPS) is 27.0. The van der Waals surface area contributed by atoms with E-state index in [4.69, 9.17) is 9.73 Å². The van der Waals surface area contributed by atoms with Crippen LogP contribution in [0.25, 0.3) is 0 Å². The van der Waals surface area contributed by atoms with Crippen LogP contribution in [0.1, 0.15) is 26.3 Å². The zero-order chi connectivity index (χ0) is 14.9. The second-order valence-electron chi connectivity index (χ2n) is 6.67. The maximum Gasteiger partial charge on any atom is 0.212 e. The lowest BCUT2D eigenvalue weighted by Crippen LogP contribution is -2.22. The van der Waals surface area contributed by atoms with Crippen LogP contribution in [0.15, 0.2) is 59.1 Å². The van der Waals surface area contributed by atoms with Crippen molar-refractivity contribution < 1.29 is 4.74 Å². The number of hydrogen-bond acceptors (Lipinski definition) is 2. The van der Waals surface area contributed by atoms with E-state index in [9.17, 15) is 0 Å². The molecule has 0 unspecified atom stereocenters. The quantitative estimate of drug-likeness (QED) is 0.814. The molecule has 110 valence electrons. The molecule has 21 heavy (non-hydrogen) atoms. The van der Waals surface area contributed by atoms with Gasteiger partial charge in [-0.15, -0.1) is 0 Å². The Bertz CT molecular complexity index is 595. The molecule has 0 N–H and O–H groups in total. The maximum absolute atomic E-state index is 5.82. The first-order valence-electron chi connectivity index (χ1n) is 7.70. The molecule has 2 aliphatic rings. The summed E-state index contributed by atoms with van der Waals surface area (Å²) in [5, 5.41) is 0. The third-order valence-corrected chi connectivity index (χ3v) is 4.29. The minimum absolute atomic E-state index is 0.0913. The molecule has 0 radical (unpaired) electrons. The zero-order valence-corrected chi connectivity index (χ0v) is 13.0. The lowest BCUT2D eigenvalue weighted by molar-refractivity contribution is 0.276. The molecule has 2 heteroatoms. The van der Waals surface area contributed by atoms with Crippen LogP contribution >= 0.6 is 0 Å². The van der Waals surface area contributed by atoms with Crippen LogP contribution in [0.4, 0.5) is 0 Å². The minimum Gasteiger partial charge on any atom is -0.475 e. The number of benzene rings is 1. The van der Waals surface area contributed by atoms with E-state index in [1.807, 2.05) is 0 Å². The highest BCUT2D eigenvalue weighted by molar-refractivity contribution is 5.96. The summed E-state index contributed by atoms with van der Waals surface area (Å²) in [6, 6.07) is 10.7. The van der Waals surface area contributed by atoms with Gasteiger partial charge in [0.2, 0.25) is 5.90 Å². The molecule has 0 saturated heterocycles. The number of aliphatic imine (C=N–C) groups is 1. The molecule has 0 bridgehead atoms. The van der Waals surface area contributed by atoms with Gasteiger partial charge in [0.05, 0.1) is 5.54 Å². The number of ether oxygens (including phenoxy) is 1. The van der Waals surface area contributed by atoms with Crippen LogP contribution in [0.5, 0.6) is 0 Å². The number of allylic oxidation sites excluding steroid dienone is 3. The summed E-state index contributed by atoms with van der Waals surface area (Å²) in [4.78, 5) is 4.73. The van der Waals surface area contributed by atoms with E-state index < -0.39 is 0 Å². The second-order valence-corrected chi connectivity index (χ2v) is 6.67. The van der Waals surface area contributed by atoms with Crippen molar-refractivity contribution in [1.82, 2.24) is 0 Å². The van der Waals surface area contributed by atoms with Gasteiger partial charge in [0.25, 0.3) is 0 Å². The first-order valence-corrected chi connectivity index (χ1v) is 7.70. The summed E-state index contributed by atoms with van der Waals surface area (Å²) in [5.41, 5.74) is 2.53. The van der Waals surface area contributed by atoms with E-state index in [0.29, 0.717) is 18.4 Å². The van der Waals surface area contributed by atoms with Gasteiger partial charge in [0, 0.05) is 5.57 Å². The van der Waals surface area contributed by atoms with E-state index in [1.54, 1.807) is 0 Å². The molecule has 0 fully saturated rings. The Balaban J connectivity index is 1.77. The molecule has 2 atom stereocenters. The first kappa shape index (κ1) is 14.1. The summed E-state index contributed by atoms with van der Waals surface area (Å²) < 4.78 is 5.82. The maximum atomic E-state index is 5.82. The molecule has 1 aromatic rings. The number of nitrogens with zero attached hydrogens (tertiary/aromatic N) is 1. The Morgan fingerprint density at radius 2 is 2.00 bits per heavy atom. The van der Waals surface area contributed by atoms with Crippen LogP contribution in [0, 0.1) is 11.8 Å². The summed E-state index contributed by atoms with van der Waals surface area (Å²) in [7, 11) is 0. The van der Waals surface area contributed by atoms with Crippen LogP contribution in [-0.2, 0) is 11.2 Å². The van der Waals surface area contributed by atoms with Crippen molar-refractivity contribution in [2.45, 2.75) is 32.7 Å². The third kappa shape index (κ3) is 3.10. The third-order valence-electron chi connectivity index (χ3n) is 4.29. The van der Waals surface area contributed by atoms with Crippen LogP contribution < -0.4 is 0 Å². The summed E-state index contributed by atoms with van der Waals surface area (Å²) in [6.45, 7) is 7.19. The topological polar surface area (TPSA) is 21.6 Å². The molecule has 3 rings (SSSR count). The van der Waals surface area contributed by atoms with Crippen molar-refractivity contribution in [2.24, 2.45) is 16.8 Å². The second kappa shape index (κ2) is 5.51. The van der Waals surface area contributed by atoms with Crippen molar-refractivity contribution in [3.05, 3.63) is 59.7 Å². The monoisotopic (exact) mass is 281 g/mol. The fourth-order valence-electron chi connectivity index (χ4n) is 2.98. The molecule has 1 aliphatic carbocycles. The molecule has 0 spiro atoms. The first-order chi connectivity index (χ1) is 10.1. The highest BCUT2D eigenvalue weighted by Gasteiger charge is 2.32. The molecule has 0 amide bonds. The lowest BCUT2D eigenvalue weighted by atomic mass is 9.80. The SMILES string of the molecule is C[C@@H]1C(C2=NC(C)(C)CO2)=CC=C[C@H]1Cc1ccccc1. The average molecular weight is 281 g/mol. The standard InChI is InChI=1S/C19H23NO/c1-14-16(12-15-8-5-4-6-9-15)10-7-11-17(14)18-20-19(2,3)13-21-18/h4-11,14,16H,12-13H2,1-3H3/t14-,16-/m0/s1. The molecule has 1 aliphatic heterocycles. The van der Waals surface area contributed by atoms with Gasteiger partial charge in [-0.05, 0) is 37.7 Å². The van der Waals surface area contributed by atoms with E-state index in [-0.39, 0.29) is 5.54 Å². The van der Waals surface area contributed by atoms with Crippen molar-refractivity contribution in [3.8, 4) is 0 Å². The molecule has 1 aromatic carbocycles. The average Bonchev–Trinajstić information content (AvgIpc) is 2.82. The summed E-state index contributed by atoms with van der Waals surface area (Å²) in [6.07, 6.45) is 7.68. The van der Waals surface area contributed by atoms with E-state index >= 15 is 0 Å². The van der Waals surface area contributed by atoms with E-state index in [1.165, 1.54) is 11.1 Å². The van der Waals surface area contributed by atoms with Gasteiger partial charge in [0.15, 0.2) is 0 Å². The Labute approximate surface area is 127 Å². The highest BCUT2D eigenvalue weighted by atomic mass is 16.5. The minimum atomic E-state index is -0.0913. The van der Waals surface area contributed by atoms with E-state index in [2.05, 4.69) is 69.3 Å². The lowest BCUT2D eigenvalue weighted by Gasteiger charge is -2.26. The van der Waals surface area contributed by atoms with Gasteiger partial charge >= 0.3 is 0 Å². The molecule has 1 heterocycles. The zero-order valence-electron chi connectivity index (χ0n) is 13.0. The molecular weight excluding hydrogens is 258 g/mol. The predicted octanol–water partition coefficient (Wildman–Crippen LogP) is 4.18. The van der Waals surface area contributed by atoms with Crippen LogP contribution in [-0.4, -0.2) is 18.0 Å². The molecular formula is C19H23NO. The predicted molar refractivity (Wildman–Crippen MR) is 87.5 cm³/mol. The fraction of sp³-hybridized carbons (Fsp3) is 0.421. The Morgan fingerprint density at radius 1 is 1.24 bits per heavy atom. The van der Waals surface area contributed by atoms with Crippen molar-refractivity contribution in [1.29, 1.82) is 0 Å². The van der Waals surface area contributed by atoms with Crippen molar-refractivity contribution >= 4 is 5.90 Å². The smallest absolute Gasteiger partial charge is 0.212 e. The van der Waals surface area contributed by atoms with Crippen molar-refractivity contribution in [2.75, 3.05) is 6.61 Å². The fourth-order valence-corrected chi connectivity index (χ4v) is 2.98. The van der Waals surface area contributed by atoms with Gasteiger partial charge in [0.1, 0.15) is 6.61 Å². The number of rotatable bonds is 3.